The standard InChI is InChI=1S/C20H32O10/c1-5-9-25-11-13-27-19(23)15(3)29-17(21)7-8-18(22)30-16(4)20(24)28-14-12-26-10-6-2/h7-8,15-16H,5-6,9-14H2,1-4H3. The fourth-order valence-electron chi connectivity index (χ4n) is 1.79. The molecule has 0 rings (SSSR count). The van der Waals surface area contributed by atoms with Crippen molar-refractivity contribution in [3.8, 4) is 0 Å². The Kier molecular flexibility index (Phi) is 16.0. The molecule has 0 aromatic carbocycles. The minimum Gasteiger partial charge on any atom is -0.461 e. The van der Waals surface area contributed by atoms with Gasteiger partial charge in [0.25, 0.3) is 0 Å². The van der Waals surface area contributed by atoms with E-state index in [0.29, 0.717) is 13.2 Å². The lowest BCUT2D eigenvalue weighted by molar-refractivity contribution is -0.165. The highest BCUT2D eigenvalue weighted by Gasteiger charge is 2.20. The van der Waals surface area contributed by atoms with E-state index < -0.39 is 36.1 Å². The normalized spacial score (nSPS) is 12.8. The Hall–Kier alpha value is -2.46. The third-order valence-electron chi connectivity index (χ3n) is 3.25. The summed E-state index contributed by atoms with van der Waals surface area (Å²) < 4.78 is 29.7. The summed E-state index contributed by atoms with van der Waals surface area (Å²) in [5.41, 5.74) is 0. The topological polar surface area (TPSA) is 124 Å². The second-order valence-electron chi connectivity index (χ2n) is 6.05. The molecule has 0 fully saturated rings. The number of hydrogen-bond donors (Lipinski definition) is 0. The first-order valence-corrected chi connectivity index (χ1v) is 9.89. The van der Waals surface area contributed by atoms with E-state index in [9.17, 15) is 19.2 Å². The number of carbonyl (C=O) groups excluding carboxylic acids is 4. The maximum atomic E-state index is 11.7. The Bertz CT molecular complexity index is 510. The summed E-state index contributed by atoms with van der Waals surface area (Å²) in [6.45, 7) is 8.28. The van der Waals surface area contributed by atoms with E-state index in [2.05, 4.69) is 0 Å². The van der Waals surface area contributed by atoms with Crippen LogP contribution in [0, 0.1) is 0 Å². The second kappa shape index (κ2) is 17.4. The molecule has 0 aliphatic rings. The number of rotatable bonds is 16. The lowest BCUT2D eigenvalue weighted by atomic mass is 10.4. The monoisotopic (exact) mass is 432 g/mol. The third kappa shape index (κ3) is 14.5. The lowest BCUT2D eigenvalue weighted by Crippen LogP contribution is -2.27. The molecule has 0 spiro atoms. The van der Waals surface area contributed by atoms with E-state index >= 15 is 0 Å². The molecular weight excluding hydrogens is 400 g/mol. The van der Waals surface area contributed by atoms with Gasteiger partial charge in [0, 0.05) is 25.4 Å². The first kappa shape index (κ1) is 27.5. The predicted octanol–water partition coefficient (Wildman–Crippen LogP) is 1.35. The molecule has 2 atom stereocenters. The van der Waals surface area contributed by atoms with Crippen molar-refractivity contribution in [2.24, 2.45) is 0 Å². The molecule has 172 valence electrons. The van der Waals surface area contributed by atoms with Gasteiger partial charge in [-0.25, -0.2) is 19.2 Å². The number of esters is 4. The van der Waals surface area contributed by atoms with E-state index in [1.54, 1.807) is 0 Å². The van der Waals surface area contributed by atoms with Gasteiger partial charge in [-0.3, -0.25) is 0 Å². The Labute approximate surface area is 176 Å². The highest BCUT2D eigenvalue weighted by Crippen LogP contribution is 2.00. The number of ether oxygens (including phenoxy) is 6. The van der Waals surface area contributed by atoms with Crippen LogP contribution < -0.4 is 0 Å². The summed E-state index contributed by atoms with van der Waals surface area (Å²) in [6.07, 6.45) is 0.955. The van der Waals surface area contributed by atoms with Gasteiger partial charge in [0.1, 0.15) is 13.2 Å². The Morgan fingerprint density at radius 1 is 0.633 bits per heavy atom. The van der Waals surface area contributed by atoms with Gasteiger partial charge in [0.2, 0.25) is 0 Å². The summed E-state index contributed by atoms with van der Waals surface area (Å²) in [5.74, 6) is -3.36. The predicted molar refractivity (Wildman–Crippen MR) is 104 cm³/mol. The van der Waals surface area contributed by atoms with Crippen LogP contribution in [-0.4, -0.2) is 75.7 Å². The largest absolute Gasteiger partial charge is 0.461 e. The van der Waals surface area contributed by atoms with Gasteiger partial charge in [0.15, 0.2) is 12.2 Å². The van der Waals surface area contributed by atoms with Gasteiger partial charge in [-0.1, -0.05) is 13.8 Å². The zero-order chi connectivity index (χ0) is 22.8. The van der Waals surface area contributed by atoms with Crippen LogP contribution in [-0.2, 0) is 47.6 Å². The zero-order valence-electron chi connectivity index (χ0n) is 18.0. The van der Waals surface area contributed by atoms with Gasteiger partial charge in [-0.2, -0.15) is 0 Å². The molecule has 0 aromatic heterocycles. The Balaban J connectivity index is 4.14. The molecule has 10 heteroatoms. The Morgan fingerprint density at radius 2 is 1.00 bits per heavy atom. The number of hydrogen-bond acceptors (Lipinski definition) is 10. The molecule has 0 aromatic rings. The molecule has 0 saturated carbocycles. The van der Waals surface area contributed by atoms with E-state index in [1.807, 2.05) is 13.8 Å². The van der Waals surface area contributed by atoms with Crippen LogP contribution in [0.2, 0.25) is 0 Å². The maximum absolute atomic E-state index is 11.7. The van der Waals surface area contributed by atoms with E-state index in [-0.39, 0.29) is 26.4 Å². The summed E-state index contributed by atoms with van der Waals surface area (Å²) in [5, 5.41) is 0. The van der Waals surface area contributed by atoms with Gasteiger partial charge in [-0.15, -0.1) is 0 Å². The SMILES string of the molecule is CCCOCCOC(=O)C(C)OC(=O)C=CC(=O)OC(C)C(=O)OCCOCCC. The van der Waals surface area contributed by atoms with E-state index in [4.69, 9.17) is 28.4 Å². The highest BCUT2D eigenvalue weighted by atomic mass is 16.6. The van der Waals surface area contributed by atoms with Crippen LogP contribution in [0.3, 0.4) is 0 Å². The quantitative estimate of drug-likeness (QED) is 0.153. The fourth-order valence-corrected chi connectivity index (χ4v) is 1.79. The molecule has 0 saturated heterocycles. The van der Waals surface area contributed by atoms with Crippen molar-refractivity contribution in [1.29, 1.82) is 0 Å². The molecule has 10 nitrogen and oxygen atoms in total. The second-order valence-corrected chi connectivity index (χ2v) is 6.05. The third-order valence-corrected chi connectivity index (χ3v) is 3.25. The van der Waals surface area contributed by atoms with Gasteiger partial charge in [-0.05, 0) is 26.7 Å². The maximum Gasteiger partial charge on any atom is 0.347 e. The molecule has 0 bridgehead atoms. The summed E-state index contributed by atoms with van der Waals surface area (Å²) in [7, 11) is 0. The number of carbonyl (C=O) groups is 4. The summed E-state index contributed by atoms with van der Waals surface area (Å²) in [6, 6.07) is 0. The average molecular weight is 432 g/mol. The van der Waals surface area contributed by atoms with Gasteiger partial charge < -0.3 is 28.4 Å². The van der Waals surface area contributed by atoms with Crippen molar-refractivity contribution in [3.05, 3.63) is 12.2 Å². The molecule has 0 aliphatic heterocycles. The van der Waals surface area contributed by atoms with Crippen molar-refractivity contribution < 1.29 is 47.6 Å². The lowest BCUT2D eigenvalue weighted by Gasteiger charge is -2.12. The van der Waals surface area contributed by atoms with Crippen LogP contribution in [0.25, 0.3) is 0 Å². The Morgan fingerprint density at radius 3 is 1.33 bits per heavy atom. The molecule has 0 heterocycles. The van der Waals surface area contributed by atoms with E-state index in [1.165, 1.54) is 13.8 Å². The fraction of sp³-hybridized carbons (Fsp3) is 0.700. The van der Waals surface area contributed by atoms with Crippen molar-refractivity contribution in [3.63, 3.8) is 0 Å². The van der Waals surface area contributed by atoms with Crippen molar-refractivity contribution in [2.75, 3.05) is 39.6 Å². The minimum absolute atomic E-state index is 0.0433. The van der Waals surface area contributed by atoms with Crippen molar-refractivity contribution in [2.45, 2.75) is 52.7 Å². The van der Waals surface area contributed by atoms with Crippen molar-refractivity contribution in [1.82, 2.24) is 0 Å². The van der Waals surface area contributed by atoms with Gasteiger partial charge in [0.05, 0.1) is 13.2 Å². The van der Waals surface area contributed by atoms with Gasteiger partial charge >= 0.3 is 23.9 Å². The molecule has 2 unspecified atom stereocenters. The molecule has 30 heavy (non-hydrogen) atoms. The molecule has 0 amide bonds. The van der Waals surface area contributed by atoms with Crippen molar-refractivity contribution >= 4 is 23.9 Å². The average Bonchev–Trinajstić information content (AvgIpc) is 2.71. The van der Waals surface area contributed by atoms with Crippen LogP contribution in [0.1, 0.15) is 40.5 Å². The molecular formula is C20H32O10. The summed E-state index contributed by atoms with van der Waals surface area (Å²) >= 11 is 0. The molecule has 0 radical (unpaired) electrons. The first-order chi connectivity index (χ1) is 14.3. The molecule has 0 aliphatic carbocycles. The first-order valence-electron chi connectivity index (χ1n) is 9.89. The van der Waals surface area contributed by atoms with Crippen LogP contribution >= 0.6 is 0 Å². The van der Waals surface area contributed by atoms with E-state index in [0.717, 1.165) is 25.0 Å². The smallest absolute Gasteiger partial charge is 0.347 e. The minimum atomic E-state index is -1.16. The summed E-state index contributed by atoms with van der Waals surface area (Å²) in [4.78, 5) is 46.7. The molecule has 0 N–H and O–H groups in total. The highest BCUT2D eigenvalue weighted by molar-refractivity contribution is 5.93. The van der Waals surface area contributed by atoms with Crippen LogP contribution in [0.5, 0.6) is 0 Å². The van der Waals surface area contributed by atoms with Crippen LogP contribution in [0.4, 0.5) is 0 Å². The zero-order valence-corrected chi connectivity index (χ0v) is 18.0. The van der Waals surface area contributed by atoms with Crippen LogP contribution in [0.15, 0.2) is 12.2 Å².